The van der Waals surface area contributed by atoms with Crippen LogP contribution < -0.4 is 0 Å². The van der Waals surface area contributed by atoms with Crippen LogP contribution in [0.5, 0.6) is 0 Å². The van der Waals surface area contributed by atoms with Crippen LogP contribution in [0.4, 0.5) is 0 Å². The summed E-state index contributed by atoms with van der Waals surface area (Å²) in [6, 6.07) is 8.63. The summed E-state index contributed by atoms with van der Waals surface area (Å²) in [5.74, 6) is -0.0119. The van der Waals surface area contributed by atoms with Crippen LogP contribution >= 0.6 is 0 Å². The normalized spacial score (nSPS) is 8.64. The summed E-state index contributed by atoms with van der Waals surface area (Å²) in [7, 11) is 0. The van der Waals surface area contributed by atoms with Crippen LogP contribution in [0.25, 0.3) is 5.76 Å². The number of hydrogen-bond donors (Lipinski definition) is 1. The molecule has 0 aliphatic heterocycles. The summed E-state index contributed by atoms with van der Waals surface area (Å²) in [6.45, 7) is 3.35. The van der Waals surface area contributed by atoms with E-state index in [0.29, 0.717) is 11.1 Å². The first kappa shape index (κ1) is 7.36. The molecule has 0 radical (unpaired) electrons. The van der Waals surface area contributed by atoms with E-state index in [4.69, 9.17) is 10.4 Å². The van der Waals surface area contributed by atoms with Crippen molar-refractivity contribution < 1.29 is 5.11 Å². The fourth-order valence-electron chi connectivity index (χ4n) is 0.768. The van der Waals surface area contributed by atoms with E-state index in [1.54, 1.807) is 24.3 Å². The van der Waals surface area contributed by atoms with Crippen molar-refractivity contribution in [1.29, 1.82) is 5.26 Å². The Balaban J connectivity index is 3.13. The highest BCUT2D eigenvalue weighted by Crippen LogP contribution is 2.10. The van der Waals surface area contributed by atoms with Gasteiger partial charge in [0.1, 0.15) is 5.76 Å². The molecule has 0 atom stereocenters. The van der Waals surface area contributed by atoms with Crippen molar-refractivity contribution in [3.05, 3.63) is 42.0 Å². The molecule has 0 aliphatic carbocycles. The Bertz CT molecular complexity index is 323. The second kappa shape index (κ2) is 2.89. The number of aliphatic hydroxyl groups excluding tert-OH is 1. The lowest BCUT2D eigenvalue weighted by atomic mass is 10.1. The monoisotopic (exact) mass is 145 g/mol. The molecule has 0 bridgehead atoms. The van der Waals surface area contributed by atoms with Crippen LogP contribution in [0.15, 0.2) is 30.8 Å². The zero-order chi connectivity index (χ0) is 8.27. The Labute approximate surface area is 65.0 Å². The molecule has 0 saturated heterocycles. The molecule has 1 aromatic carbocycles. The summed E-state index contributed by atoms with van der Waals surface area (Å²) >= 11 is 0. The van der Waals surface area contributed by atoms with E-state index in [0.717, 1.165) is 0 Å². The smallest absolute Gasteiger partial charge is 0.115 e. The maximum Gasteiger partial charge on any atom is 0.115 e. The van der Waals surface area contributed by atoms with E-state index in [-0.39, 0.29) is 5.76 Å². The van der Waals surface area contributed by atoms with Gasteiger partial charge in [0.2, 0.25) is 0 Å². The molecule has 54 valence electrons. The van der Waals surface area contributed by atoms with E-state index in [2.05, 4.69) is 6.58 Å². The minimum Gasteiger partial charge on any atom is -0.508 e. The molecule has 0 aliphatic rings. The van der Waals surface area contributed by atoms with Crippen LogP contribution in [-0.4, -0.2) is 5.11 Å². The van der Waals surface area contributed by atoms with Crippen molar-refractivity contribution in [1.82, 2.24) is 0 Å². The van der Waals surface area contributed by atoms with Crippen LogP contribution in [0.2, 0.25) is 0 Å². The summed E-state index contributed by atoms with van der Waals surface area (Å²) in [6.07, 6.45) is 0. The third-order valence-corrected chi connectivity index (χ3v) is 1.32. The maximum absolute atomic E-state index is 8.94. The Kier molecular flexibility index (Phi) is 1.93. The quantitative estimate of drug-likeness (QED) is 0.615. The van der Waals surface area contributed by atoms with Gasteiger partial charge in [-0.1, -0.05) is 18.7 Å². The van der Waals surface area contributed by atoms with Gasteiger partial charge in [0.15, 0.2) is 0 Å². The lowest BCUT2D eigenvalue weighted by Gasteiger charge is -1.96. The largest absolute Gasteiger partial charge is 0.508 e. The first-order valence-electron chi connectivity index (χ1n) is 3.12. The number of hydrogen-bond acceptors (Lipinski definition) is 2. The molecule has 2 nitrogen and oxygen atoms in total. The van der Waals surface area contributed by atoms with E-state index < -0.39 is 0 Å². The summed E-state index contributed by atoms with van der Waals surface area (Å²) in [4.78, 5) is 0. The van der Waals surface area contributed by atoms with Crippen LogP contribution in [-0.2, 0) is 0 Å². The van der Waals surface area contributed by atoms with Crippen LogP contribution in [0.1, 0.15) is 11.1 Å². The van der Waals surface area contributed by atoms with E-state index in [1.165, 1.54) is 0 Å². The molecule has 11 heavy (non-hydrogen) atoms. The van der Waals surface area contributed by atoms with Gasteiger partial charge in [0.05, 0.1) is 11.6 Å². The molecule has 1 aromatic rings. The van der Waals surface area contributed by atoms with Gasteiger partial charge < -0.3 is 5.11 Å². The second-order valence-electron chi connectivity index (χ2n) is 2.14. The molecule has 0 amide bonds. The summed E-state index contributed by atoms with van der Waals surface area (Å²) < 4.78 is 0. The average Bonchev–Trinajstić information content (AvgIpc) is 2.05. The molecule has 2 heteroatoms. The molecule has 0 spiro atoms. The lowest BCUT2D eigenvalue weighted by molar-refractivity contribution is 0.514. The Hall–Kier alpha value is -1.75. The van der Waals surface area contributed by atoms with Crippen molar-refractivity contribution in [2.24, 2.45) is 0 Å². The zero-order valence-electron chi connectivity index (χ0n) is 5.91. The highest BCUT2D eigenvalue weighted by atomic mass is 16.3. The zero-order valence-corrected chi connectivity index (χ0v) is 5.91. The minimum absolute atomic E-state index is 0.0119. The number of nitrogens with zero attached hydrogens (tertiary/aromatic N) is 1. The minimum atomic E-state index is -0.0119. The van der Waals surface area contributed by atoms with E-state index in [1.807, 2.05) is 6.07 Å². The standard InChI is InChI=1S/C9H7NO/c1-7(11)9-4-2-3-8(5-9)6-10/h2-5,11H,1H2. The first-order chi connectivity index (χ1) is 5.24. The van der Waals surface area contributed by atoms with Crippen molar-refractivity contribution in [2.45, 2.75) is 0 Å². The molecular weight excluding hydrogens is 138 g/mol. The third kappa shape index (κ3) is 1.59. The lowest BCUT2D eigenvalue weighted by Crippen LogP contribution is -1.81. The molecule has 0 heterocycles. The van der Waals surface area contributed by atoms with E-state index >= 15 is 0 Å². The van der Waals surface area contributed by atoms with Gasteiger partial charge in [0, 0.05) is 5.56 Å². The predicted molar refractivity (Wildman–Crippen MR) is 42.8 cm³/mol. The van der Waals surface area contributed by atoms with Crippen molar-refractivity contribution in [3.8, 4) is 6.07 Å². The number of benzene rings is 1. The Morgan fingerprint density at radius 2 is 2.27 bits per heavy atom. The number of rotatable bonds is 1. The van der Waals surface area contributed by atoms with Gasteiger partial charge in [-0.05, 0) is 12.1 Å². The van der Waals surface area contributed by atoms with Gasteiger partial charge >= 0.3 is 0 Å². The highest BCUT2D eigenvalue weighted by molar-refractivity contribution is 5.57. The predicted octanol–water partition coefficient (Wildman–Crippen LogP) is 2.09. The molecular formula is C9H7NO. The van der Waals surface area contributed by atoms with Gasteiger partial charge in [-0.2, -0.15) is 5.26 Å². The van der Waals surface area contributed by atoms with Crippen molar-refractivity contribution >= 4 is 5.76 Å². The second-order valence-corrected chi connectivity index (χ2v) is 2.14. The fraction of sp³-hybridized carbons (Fsp3) is 0. The summed E-state index contributed by atoms with van der Waals surface area (Å²) in [5, 5.41) is 17.4. The van der Waals surface area contributed by atoms with Crippen LogP contribution in [0.3, 0.4) is 0 Å². The molecule has 1 N–H and O–H groups in total. The summed E-state index contributed by atoms with van der Waals surface area (Å²) in [5.41, 5.74) is 1.11. The van der Waals surface area contributed by atoms with Gasteiger partial charge in [-0.3, -0.25) is 0 Å². The topological polar surface area (TPSA) is 44.0 Å². The molecule has 0 fully saturated rings. The molecule has 0 unspecified atom stereocenters. The highest BCUT2D eigenvalue weighted by Gasteiger charge is 1.95. The van der Waals surface area contributed by atoms with Crippen molar-refractivity contribution in [3.63, 3.8) is 0 Å². The van der Waals surface area contributed by atoms with Crippen LogP contribution in [0, 0.1) is 11.3 Å². The maximum atomic E-state index is 8.94. The van der Waals surface area contributed by atoms with Gasteiger partial charge in [-0.15, -0.1) is 0 Å². The van der Waals surface area contributed by atoms with Gasteiger partial charge in [0.25, 0.3) is 0 Å². The van der Waals surface area contributed by atoms with Gasteiger partial charge in [-0.25, -0.2) is 0 Å². The molecule has 0 aromatic heterocycles. The SMILES string of the molecule is C=C(O)c1cccc(C#N)c1. The van der Waals surface area contributed by atoms with E-state index in [9.17, 15) is 0 Å². The Morgan fingerprint density at radius 1 is 1.55 bits per heavy atom. The number of nitriles is 1. The number of aliphatic hydroxyl groups is 1. The van der Waals surface area contributed by atoms with Crippen molar-refractivity contribution in [2.75, 3.05) is 0 Å². The first-order valence-corrected chi connectivity index (χ1v) is 3.12. The molecule has 1 rings (SSSR count). The average molecular weight is 145 g/mol. The molecule has 0 saturated carbocycles. The Morgan fingerprint density at radius 3 is 2.82 bits per heavy atom. The fourth-order valence-corrected chi connectivity index (χ4v) is 0.768. The third-order valence-electron chi connectivity index (χ3n) is 1.32.